The zero-order valence-corrected chi connectivity index (χ0v) is 5.98. The van der Waals surface area contributed by atoms with E-state index in [4.69, 9.17) is 11.6 Å². The molecule has 0 spiro atoms. The van der Waals surface area contributed by atoms with E-state index in [1.54, 1.807) is 0 Å². The van der Waals surface area contributed by atoms with Gasteiger partial charge in [-0.15, -0.1) is 11.6 Å². The van der Waals surface area contributed by atoms with Gasteiger partial charge >= 0.3 is 0 Å². The van der Waals surface area contributed by atoms with Crippen LogP contribution in [-0.2, 0) is 4.79 Å². The zero-order valence-electron chi connectivity index (χ0n) is 5.23. The molecule has 0 amide bonds. The Labute approximate surface area is 55.0 Å². The van der Waals surface area contributed by atoms with Crippen molar-refractivity contribution >= 4 is 17.9 Å². The van der Waals surface area contributed by atoms with Gasteiger partial charge in [0.2, 0.25) is 0 Å². The number of hydrogen-bond acceptors (Lipinski definition) is 1. The largest absolute Gasteiger partial charge is 0.302 e. The van der Waals surface area contributed by atoms with Gasteiger partial charge in [-0.1, -0.05) is 13.8 Å². The van der Waals surface area contributed by atoms with E-state index in [1.807, 2.05) is 13.8 Å². The maximum atomic E-state index is 9.91. The highest BCUT2D eigenvalue weighted by molar-refractivity contribution is 6.27. The first kappa shape index (κ1) is 7.96. The Kier molecular flexibility index (Phi) is 3.88. The molecule has 0 radical (unpaired) electrons. The van der Waals surface area contributed by atoms with Crippen LogP contribution < -0.4 is 0 Å². The van der Waals surface area contributed by atoms with Gasteiger partial charge in [0.1, 0.15) is 6.29 Å². The third-order valence-corrected chi connectivity index (χ3v) is 1.13. The number of aldehydes is 1. The highest BCUT2D eigenvalue weighted by Crippen LogP contribution is 2.07. The summed E-state index contributed by atoms with van der Waals surface area (Å²) in [4.78, 5) is 9.91. The third kappa shape index (κ3) is 4.13. The monoisotopic (exact) mass is 134 g/mol. The first-order valence-electron chi connectivity index (χ1n) is 2.76. The molecule has 0 aliphatic heterocycles. The molecule has 0 aliphatic carbocycles. The van der Waals surface area contributed by atoms with Crippen LogP contribution in [0.25, 0.3) is 0 Å². The van der Waals surface area contributed by atoms with Crippen LogP contribution in [0, 0.1) is 5.92 Å². The average Bonchev–Trinajstić information content (AvgIpc) is 1.65. The fraction of sp³-hybridized carbons (Fsp3) is 0.833. The maximum Gasteiger partial charge on any atom is 0.137 e. The second kappa shape index (κ2) is 3.90. The summed E-state index contributed by atoms with van der Waals surface area (Å²) in [6, 6.07) is 0. The zero-order chi connectivity index (χ0) is 6.57. The van der Waals surface area contributed by atoms with Gasteiger partial charge in [-0.2, -0.15) is 0 Å². The average molecular weight is 135 g/mol. The lowest BCUT2D eigenvalue weighted by Crippen LogP contribution is -2.03. The van der Waals surface area contributed by atoms with Crippen molar-refractivity contribution in [3.8, 4) is 0 Å². The first-order valence-corrected chi connectivity index (χ1v) is 3.19. The molecule has 0 N–H and O–H groups in total. The van der Waals surface area contributed by atoms with Crippen LogP contribution in [0.4, 0.5) is 0 Å². The summed E-state index contributed by atoms with van der Waals surface area (Å²) in [5.74, 6) is 0.516. The van der Waals surface area contributed by atoms with Crippen LogP contribution in [0.15, 0.2) is 0 Å². The number of rotatable bonds is 3. The van der Waals surface area contributed by atoms with Crippen molar-refractivity contribution in [3.05, 3.63) is 0 Å². The summed E-state index contributed by atoms with van der Waals surface area (Å²) < 4.78 is 0. The van der Waals surface area contributed by atoms with Crippen LogP contribution in [0.2, 0.25) is 0 Å². The molecule has 2 heteroatoms. The molecule has 0 aromatic rings. The van der Waals surface area contributed by atoms with Crippen molar-refractivity contribution in [1.29, 1.82) is 0 Å². The number of alkyl halides is 1. The third-order valence-electron chi connectivity index (χ3n) is 0.844. The minimum Gasteiger partial charge on any atom is -0.302 e. The Balaban J connectivity index is 3.23. The van der Waals surface area contributed by atoms with Gasteiger partial charge in [0.25, 0.3) is 0 Å². The van der Waals surface area contributed by atoms with E-state index < -0.39 is 0 Å². The summed E-state index contributed by atoms with van der Waals surface area (Å²) in [5.41, 5.74) is 0. The lowest BCUT2D eigenvalue weighted by molar-refractivity contribution is -0.107. The van der Waals surface area contributed by atoms with Gasteiger partial charge in [-0.3, -0.25) is 0 Å². The van der Waals surface area contributed by atoms with Crippen molar-refractivity contribution in [3.63, 3.8) is 0 Å². The van der Waals surface area contributed by atoms with Gasteiger partial charge in [0.15, 0.2) is 0 Å². The molecule has 1 atom stereocenters. The van der Waals surface area contributed by atoms with Crippen LogP contribution in [-0.4, -0.2) is 11.7 Å². The van der Waals surface area contributed by atoms with Crippen molar-refractivity contribution in [2.45, 2.75) is 25.6 Å². The lowest BCUT2D eigenvalue weighted by Gasteiger charge is -2.02. The Bertz CT molecular complexity index is 70.9. The van der Waals surface area contributed by atoms with Gasteiger partial charge in [-0.05, 0) is 12.3 Å². The van der Waals surface area contributed by atoms with E-state index >= 15 is 0 Å². The van der Waals surface area contributed by atoms with Crippen molar-refractivity contribution in [1.82, 2.24) is 0 Å². The number of hydrogen-bond donors (Lipinski definition) is 0. The van der Waals surface area contributed by atoms with Gasteiger partial charge in [0.05, 0.1) is 5.38 Å². The van der Waals surface area contributed by atoms with E-state index in [0.717, 1.165) is 12.7 Å². The summed E-state index contributed by atoms with van der Waals surface area (Å²) >= 11 is 5.49. The smallest absolute Gasteiger partial charge is 0.137 e. The standard InChI is InChI=1S/C6H11ClO/c1-5(2)3-6(7)4-8/h4-6H,3H2,1-2H3. The van der Waals surface area contributed by atoms with Gasteiger partial charge in [0, 0.05) is 0 Å². The molecule has 0 fully saturated rings. The van der Waals surface area contributed by atoms with E-state index in [1.165, 1.54) is 0 Å². The minimum atomic E-state index is -0.282. The van der Waals surface area contributed by atoms with Crippen molar-refractivity contribution < 1.29 is 4.79 Å². The molecule has 0 aromatic heterocycles. The summed E-state index contributed by atoms with van der Waals surface area (Å²) in [6.45, 7) is 4.08. The molecule has 0 bridgehead atoms. The molecule has 0 aliphatic rings. The fourth-order valence-corrected chi connectivity index (χ4v) is 0.862. The van der Waals surface area contributed by atoms with Gasteiger partial charge < -0.3 is 4.79 Å². The molecule has 0 aromatic carbocycles. The highest BCUT2D eigenvalue weighted by atomic mass is 35.5. The summed E-state index contributed by atoms with van der Waals surface area (Å²) in [7, 11) is 0. The molecule has 8 heavy (non-hydrogen) atoms. The molecule has 0 saturated heterocycles. The Morgan fingerprint density at radius 2 is 2.12 bits per heavy atom. The van der Waals surface area contributed by atoms with Crippen LogP contribution in [0.3, 0.4) is 0 Å². The van der Waals surface area contributed by atoms with E-state index in [0.29, 0.717) is 5.92 Å². The number of carbonyl (C=O) groups is 1. The molecular weight excluding hydrogens is 124 g/mol. The normalized spacial score (nSPS) is 14.0. The second-order valence-corrected chi connectivity index (χ2v) is 2.84. The molecule has 48 valence electrons. The first-order chi connectivity index (χ1) is 3.66. The van der Waals surface area contributed by atoms with E-state index in [2.05, 4.69) is 0 Å². The Morgan fingerprint density at radius 1 is 1.62 bits per heavy atom. The Hall–Kier alpha value is -0.0400. The predicted molar refractivity (Wildman–Crippen MR) is 35.2 cm³/mol. The molecule has 0 heterocycles. The van der Waals surface area contributed by atoms with Crippen LogP contribution >= 0.6 is 11.6 Å². The minimum absolute atomic E-state index is 0.282. The van der Waals surface area contributed by atoms with Crippen molar-refractivity contribution in [2.75, 3.05) is 0 Å². The number of halogens is 1. The fourth-order valence-electron chi connectivity index (χ4n) is 0.506. The number of carbonyl (C=O) groups excluding carboxylic acids is 1. The van der Waals surface area contributed by atoms with Crippen molar-refractivity contribution in [2.24, 2.45) is 5.92 Å². The Morgan fingerprint density at radius 3 is 2.25 bits per heavy atom. The van der Waals surface area contributed by atoms with E-state index in [9.17, 15) is 4.79 Å². The molecule has 1 unspecified atom stereocenters. The molecule has 0 saturated carbocycles. The van der Waals surface area contributed by atoms with Crippen LogP contribution in [0.1, 0.15) is 20.3 Å². The van der Waals surface area contributed by atoms with Gasteiger partial charge in [-0.25, -0.2) is 0 Å². The molecular formula is C6H11ClO. The highest BCUT2D eigenvalue weighted by Gasteiger charge is 2.03. The lowest BCUT2D eigenvalue weighted by atomic mass is 10.1. The summed E-state index contributed by atoms with van der Waals surface area (Å²) in [6.07, 6.45) is 1.56. The predicted octanol–water partition coefficient (Wildman–Crippen LogP) is 1.84. The quantitative estimate of drug-likeness (QED) is 0.425. The SMILES string of the molecule is CC(C)CC(Cl)C=O. The second-order valence-electron chi connectivity index (χ2n) is 2.28. The molecule has 0 rings (SSSR count). The molecule has 1 nitrogen and oxygen atoms in total. The summed E-state index contributed by atoms with van der Waals surface area (Å²) in [5, 5.41) is -0.282. The van der Waals surface area contributed by atoms with E-state index in [-0.39, 0.29) is 5.38 Å². The van der Waals surface area contributed by atoms with Crippen LogP contribution in [0.5, 0.6) is 0 Å². The maximum absolute atomic E-state index is 9.91. The topological polar surface area (TPSA) is 17.1 Å².